The summed E-state index contributed by atoms with van der Waals surface area (Å²) in [4.78, 5) is 14.6. The first-order valence-corrected chi connectivity index (χ1v) is 9.29. The average Bonchev–Trinajstić information content (AvgIpc) is 2.66. The molecule has 1 heterocycles. The third-order valence-corrected chi connectivity index (χ3v) is 4.71. The number of rotatable bonds is 6. The largest absolute Gasteiger partial charge is 0.481 e. The molecule has 1 atom stereocenters. The molecule has 1 unspecified atom stereocenters. The number of benzene rings is 1. The molecule has 33 heavy (non-hydrogen) atoms. The van der Waals surface area contributed by atoms with Crippen LogP contribution in [0.4, 0.5) is 39.5 Å². The van der Waals surface area contributed by atoms with Crippen LogP contribution in [0.15, 0.2) is 36.5 Å². The van der Waals surface area contributed by atoms with Crippen molar-refractivity contribution in [2.75, 3.05) is 0 Å². The highest BCUT2D eigenvalue weighted by Crippen LogP contribution is 2.37. The number of alkyl halides is 9. The monoisotopic (exact) mass is 505 g/mol. The van der Waals surface area contributed by atoms with Crippen LogP contribution in [0.5, 0.6) is 0 Å². The molecule has 0 aliphatic heterocycles. The van der Waals surface area contributed by atoms with Gasteiger partial charge in [-0.2, -0.15) is 39.5 Å². The maximum Gasteiger partial charge on any atom is 0.433 e. The first kappa shape index (κ1) is 26.5. The van der Waals surface area contributed by atoms with E-state index in [9.17, 15) is 49.4 Å². The van der Waals surface area contributed by atoms with Crippen molar-refractivity contribution in [1.82, 2.24) is 4.98 Å². The lowest BCUT2D eigenvalue weighted by molar-refractivity contribution is -0.143. The van der Waals surface area contributed by atoms with E-state index in [4.69, 9.17) is 11.6 Å². The molecule has 0 aliphatic carbocycles. The third-order valence-electron chi connectivity index (χ3n) is 4.39. The molecular weight excluding hydrogens is 493 g/mol. The summed E-state index contributed by atoms with van der Waals surface area (Å²) in [6.45, 7) is 0. The molecule has 1 aromatic heterocycles. The van der Waals surface area contributed by atoms with Gasteiger partial charge < -0.3 is 5.11 Å². The van der Waals surface area contributed by atoms with E-state index < -0.39 is 52.8 Å². The number of hydrogen-bond acceptors (Lipinski definition) is 2. The molecule has 0 amide bonds. The Balaban J connectivity index is 2.28. The van der Waals surface area contributed by atoms with Gasteiger partial charge in [0, 0.05) is 6.20 Å². The number of pyridine rings is 1. The minimum Gasteiger partial charge on any atom is -0.481 e. The molecule has 0 radical (unpaired) electrons. The van der Waals surface area contributed by atoms with E-state index in [1.165, 1.54) is 0 Å². The molecular formula is C20H13ClF9NO2. The van der Waals surface area contributed by atoms with Gasteiger partial charge in [0.25, 0.3) is 0 Å². The summed E-state index contributed by atoms with van der Waals surface area (Å²) in [5, 5.41) is 9.04. The van der Waals surface area contributed by atoms with E-state index >= 15 is 0 Å². The van der Waals surface area contributed by atoms with E-state index in [0.717, 1.165) is 12.2 Å². The highest BCUT2D eigenvalue weighted by atomic mass is 35.5. The second-order valence-corrected chi connectivity index (χ2v) is 7.21. The van der Waals surface area contributed by atoms with Crippen LogP contribution in [0, 0.1) is 0 Å². The van der Waals surface area contributed by atoms with E-state index in [1.54, 1.807) is 0 Å². The number of allylic oxidation sites excluding steroid dienone is 1. The summed E-state index contributed by atoms with van der Waals surface area (Å²) in [6, 6.07) is 1.40. The Labute approximate surface area is 185 Å². The second kappa shape index (κ2) is 9.62. The van der Waals surface area contributed by atoms with Crippen molar-refractivity contribution in [3.8, 4) is 0 Å². The molecule has 1 aromatic carbocycles. The molecule has 1 N–H and O–H groups in total. The van der Waals surface area contributed by atoms with Crippen LogP contribution < -0.4 is 0 Å². The van der Waals surface area contributed by atoms with Crippen LogP contribution in [-0.2, 0) is 23.3 Å². The van der Waals surface area contributed by atoms with Crippen LogP contribution in [0.3, 0.4) is 0 Å². The average molecular weight is 506 g/mol. The van der Waals surface area contributed by atoms with Crippen molar-refractivity contribution < 1.29 is 49.4 Å². The van der Waals surface area contributed by atoms with Gasteiger partial charge >= 0.3 is 24.5 Å². The molecule has 0 bridgehead atoms. The van der Waals surface area contributed by atoms with Gasteiger partial charge in [-0.05, 0) is 48.2 Å². The summed E-state index contributed by atoms with van der Waals surface area (Å²) >= 11 is 5.79. The molecule has 180 valence electrons. The number of carbonyl (C=O) groups is 1. The SMILES string of the molecule is O=C(O)C(CC/C=C\c1cc(C(F)(F)F)cc(C(F)(F)F)c1)c1cc(C(F)(F)F)ncc1Cl. The van der Waals surface area contributed by atoms with Gasteiger partial charge in [0.2, 0.25) is 0 Å². The van der Waals surface area contributed by atoms with Gasteiger partial charge in [-0.15, -0.1) is 0 Å². The first-order valence-electron chi connectivity index (χ1n) is 8.91. The quantitative estimate of drug-likeness (QED) is 0.415. The summed E-state index contributed by atoms with van der Waals surface area (Å²) in [6.07, 6.45) is -12.8. The van der Waals surface area contributed by atoms with Gasteiger partial charge in [0.15, 0.2) is 0 Å². The molecule has 0 saturated heterocycles. The second-order valence-electron chi connectivity index (χ2n) is 6.80. The van der Waals surface area contributed by atoms with Gasteiger partial charge in [-0.25, -0.2) is 0 Å². The van der Waals surface area contributed by atoms with Gasteiger partial charge in [0.05, 0.1) is 22.1 Å². The summed E-state index contributed by atoms with van der Waals surface area (Å²) in [5.74, 6) is -3.05. The zero-order valence-corrected chi connectivity index (χ0v) is 16.9. The minimum atomic E-state index is -5.04. The molecule has 13 heteroatoms. The minimum absolute atomic E-state index is 0.0402. The number of halogens is 10. The van der Waals surface area contributed by atoms with Crippen molar-refractivity contribution in [3.05, 3.63) is 69.5 Å². The summed E-state index contributed by atoms with van der Waals surface area (Å²) in [7, 11) is 0. The molecule has 2 aromatic rings. The van der Waals surface area contributed by atoms with Crippen LogP contribution >= 0.6 is 11.6 Å². The first-order chi connectivity index (χ1) is 15.0. The predicted octanol–water partition coefficient (Wildman–Crippen LogP) is 7.45. The normalized spacial score (nSPS) is 14.0. The zero-order chi connectivity index (χ0) is 25.2. The van der Waals surface area contributed by atoms with Crippen LogP contribution in [0.25, 0.3) is 6.08 Å². The van der Waals surface area contributed by atoms with Crippen molar-refractivity contribution >= 4 is 23.6 Å². The number of nitrogens with zero attached hydrogens (tertiary/aromatic N) is 1. The Hall–Kier alpha value is -2.76. The number of hydrogen-bond donors (Lipinski definition) is 1. The van der Waals surface area contributed by atoms with Crippen molar-refractivity contribution in [2.45, 2.75) is 37.3 Å². The summed E-state index contributed by atoms with van der Waals surface area (Å²) in [5.41, 5.74) is -5.23. The van der Waals surface area contributed by atoms with Gasteiger partial charge in [0.1, 0.15) is 5.69 Å². The number of carboxylic acids is 1. The maximum atomic E-state index is 12.9. The van der Waals surface area contributed by atoms with Crippen LogP contribution in [-0.4, -0.2) is 16.1 Å². The lowest BCUT2D eigenvalue weighted by Gasteiger charge is -2.15. The number of carboxylic acid groups (broad SMARTS) is 1. The van der Waals surface area contributed by atoms with Crippen molar-refractivity contribution in [1.29, 1.82) is 0 Å². The lowest BCUT2D eigenvalue weighted by Crippen LogP contribution is -2.15. The molecule has 0 saturated carbocycles. The summed E-state index contributed by atoms with van der Waals surface area (Å²) < 4.78 is 116. The van der Waals surface area contributed by atoms with Crippen LogP contribution in [0.1, 0.15) is 46.7 Å². The standard InChI is InChI=1S/C20H13ClF9NO2/c21-15-9-31-16(20(28,29)30)8-14(15)13(17(32)33)4-2-1-3-10-5-11(18(22,23)24)7-12(6-10)19(25,26)27/h1,3,5-9,13H,2,4H2,(H,32,33)/b3-1-. The molecule has 0 aliphatic rings. The Morgan fingerprint density at radius 2 is 1.48 bits per heavy atom. The van der Waals surface area contributed by atoms with Gasteiger partial charge in [-0.3, -0.25) is 9.78 Å². The Morgan fingerprint density at radius 3 is 1.94 bits per heavy atom. The predicted molar refractivity (Wildman–Crippen MR) is 99.3 cm³/mol. The van der Waals surface area contributed by atoms with Crippen molar-refractivity contribution in [2.24, 2.45) is 0 Å². The van der Waals surface area contributed by atoms with E-state index in [-0.39, 0.29) is 29.5 Å². The maximum absolute atomic E-state index is 12.9. The third kappa shape index (κ3) is 7.11. The van der Waals surface area contributed by atoms with E-state index in [2.05, 4.69) is 4.98 Å². The number of aromatic nitrogens is 1. The Bertz CT molecular complexity index is 1010. The number of aliphatic carboxylic acids is 1. The highest BCUT2D eigenvalue weighted by molar-refractivity contribution is 6.31. The Kier molecular flexibility index (Phi) is 7.72. The smallest absolute Gasteiger partial charge is 0.433 e. The van der Waals surface area contributed by atoms with Crippen molar-refractivity contribution in [3.63, 3.8) is 0 Å². The Morgan fingerprint density at radius 1 is 0.939 bits per heavy atom. The fraction of sp³-hybridized carbons (Fsp3) is 0.300. The molecule has 2 rings (SSSR count). The lowest BCUT2D eigenvalue weighted by atomic mass is 9.94. The molecule has 0 spiro atoms. The van der Waals surface area contributed by atoms with Crippen LogP contribution in [0.2, 0.25) is 5.02 Å². The zero-order valence-electron chi connectivity index (χ0n) is 16.1. The highest BCUT2D eigenvalue weighted by Gasteiger charge is 2.37. The fourth-order valence-corrected chi connectivity index (χ4v) is 3.08. The van der Waals surface area contributed by atoms with E-state index in [1.807, 2.05) is 0 Å². The van der Waals surface area contributed by atoms with E-state index in [0.29, 0.717) is 24.4 Å². The van der Waals surface area contributed by atoms with Gasteiger partial charge in [-0.1, -0.05) is 23.8 Å². The molecule has 0 fully saturated rings. The molecule has 3 nitrogen and oxygen atoms in total. The topological polar surface area (TPSA) is 50.2 Å². The fourth-order valence-electron chi connectivity index (χ4n) is 2.85.